The van der Waals surface area contributed by atoms with Crippen molar-refractivity contribution in [1.29, 1.82) is 0 Å². The number of hydrogen-bond acceptors (Lipinski definition) is 3. The molecule has 2 rings (SSSR count). The van der Waals surface area contributed by atoms with E-state index in [0.717, 1.165) is 38.0 Å². The molecule has 4 heteroatoms. The van der Waals surface area contributed by atoms with E-state index in [-0.39, 0.29) is 18.5 Å². The van der Waals surface area contributed by atoms with Gasteiger partial charge >= 0.3 is 0 Å². The van der Waals surface area contributed by atoms with Crippen LogP contribution in [-0.4, -0.2) is 23.9 Å². The highest BCUT2D eigenvalue weighted by atomic mass is 35.5. The Morgan fingerprint density at radius 3 is 2.68 bits per heavy atom. The number of rotatable bonds is 5. The van der Waals surface area contributed by atoms with Crippen LogP contribution in [0.2, 0.25) is 0 Å². The maximum absolute atomic E-state index is 9.46. The Balaban J connectivity index is 0.00000180. The van der Waals surface area contributed by atoms with Gasteiger partial charge in [-0.25, -0.2) is 0 Å². The average molecular weight is 286 g/mol. The summed E-state index contributed by atoms with van der Waals surface area (Å²) in [7, 11) is 0. The number of halogens is 1. The average Bonchev–Trinajstić information content (AvgIpc) is 2.39. The standard InChI is InChI=1S/C15H23NO2.ClH/c1-2-18-15-5-3-4-12(10-15)11-16-13-6-8-14(17)9-7-13;/h3-5,10,13-14,16-17H,2,6-9,11H2,1H3;1H. The Kier molecular flexibility index (Phi) is 7.21. The fourth-order valence-electron chi connectivity index (χ4n) is 2.45. The normalized spacial score (nSPS) is 22.6. The lowest BCUT2D eigenvalue weighted by molar-refractivity contribution is 0.116. The van der Waals surface area contributed by atoms with E-state index in [4.69, 9.17) is 4.74 Å². The van der Waals surface area contributed by atoms with Crippen LogP contribution in [0.1, 0.15) is 38.2 Å². The number of hydrogen-bond donors (Lipinski definition) is 2. The van der Waals surface area contributed by atoms with E-state index in [9.17, 15) is 5.11 Å². The largest absolute Gasteiger partial charge is 0.494 e. The Bertz CT molecular complexity index is 365. The summed E-state index contributed by atoms with van der Waals surface area (Å²) in [5.74, 6) is 0.941. The van der Waals surface area contributed by atoms with Crippen LogP contribution in [0.15, 0.2) is 24.3 Å². The van der Waals surface area contributed by atoms with Crippen LogP contribution in [0.4, 0.5) is 0 Å². The minimum Gasteiger partial charge on any atom is -0.494 e. The molecule has 0 atom stereocenters. The van der Waals surface area contributed by atoms with Crippen LogP contribution in [-0.2, 0) is 6.54 Å². The van der Waals surface area contributed by atoms with Gasteiger partial charge in [0.15, 0.2) is 0 Å². The Labute approximate surface area is 121 Å². The molecule has 1 aliphatic carbocycles. The van der Waals surface area contributed by atoms with Crippen molar-refractivity contribution in [3.63, 3.8) is 0 Å². The third kappa shape index (κ3) is 5.39. The van der Waals surface area contributed by atoms with E-state index in [1.165, 1.54) is 5.56 Å². The highest BCUT2D eigenvalue weighted by Crippen LogP contribution is 2.19. The molecule has 0 spiro atoms. The second kappa shape index (κ2) is 8.41. The highest BCUT2D eigenvalue weighted by Gasteiger charge is 2.18. The summed E-state index contributed by atoms with van der Waals surface area (Å²) in [5.41, 5.74) is 1.26. The van der Waals surface area contributed by atoms with E-state index in [1.54, 1.807) is 0 Å². The van der Waals surface area contributed by atoms with Gasteiger partial charge in [-0.3, -0.25) is 0 Å². The van der Waals surface area contributed by atoms with Crippen LogP contribution in [0.25, 0.3) is 0 Å². The fraction of sp³-hybridized carbons (Fsp3) is 0.600. The van der Waals surface area contributed by atoms with Crippen LogP contribution < -0.4 is 10.1 Å². The van der Waals surface area contributed by atoms with Gasteiger partial charge in [-0.05, 0) is 50.3 Å². The summed E-state index contributed by atoms with van der Waals surface area (Å²) in [6, 6.07) is 8.78. The molecule has 0 radical (unpaired) electrons. The summed E-state index contributed by atoms with van der Waals surface area (Å²) >= 11 is 0. The SMILES string of the molecule is CCOc1cccc(CNC2CCC(O)CC2)c1.Cl. The molecule has 1 aliphatic rings. The lowest BCUT2D eigenvalue weighted by Gasteiger charge is -2.26. The topological polar surface area (TPSA) is 41.5 Å². The zero-order valence-corrected chi connectivity index (χ0v) is 12.3. The van der Waals surface area contributed by atoms with E-state index in [0.29, 0.717) is 12.6 Å². The molecule has 0 aromatic heterocycles. The van der Waals surface area contributed by atoms with Gasteiger partial charge in [0.05, 0.1) is 12.7 Å². The second-order valence-electron chi connectivity index (χ2n) is 4.97. The van der Waals surface area contributed by atoms with Gasteiger partial charge in [0.25, 0.3) is 0 Å². The zero-order valence-electron chi connectivity index (χ0n) is 11.5. The number of aliphatic hydroxyl groups is 1. The molecule has 1 aromatic carbocycles. The first-order chi connectivity index (χ1) is 8.78. The smallest absolute Gasteiger partial charge is 0.119 e. The van der Waals surface area contributed by atoms with Gasteiger partial charge in [-0.1, -0.05) is 12.1 Å². The first-order valence-corrected chi connectivity index (χ1v) is 6.91. The Morgan fingerprint density at radius 2 is 2.00 bits per heavy atom. The van der Waals surface area contributed by atoms with Gasteiger partial charge in [0.2, 0.25) is 0 Å². The molecule has 1 saturated carbocycles. The van der Waals surface area contributed by atoms with Crippen molar-refractivity contribution < 1.29 is 9.84 Å². The lowest BCUT2D eigenvalue weighted by Crippen LogP contribution is -2.34. The molecule has 1 aromatic rings. The van der Waals surface area contributed by atoms with Gasteiger partial charge in [0, 0.05) is 12.6 Å². The van der Waals surface area contributed by atoms with Crippen molar-refractivity contribution in [3.8, 4) is 5.75 Å². The van der Waals surface area contributed by atoms with Crippen molar-refractivity contribution >= 4 is 12.4 Å². The fourth-order valence-corrected chi connectivity index (χ4v) is 2.45. The molecular weight excluding hydrogens is 262 g/mol. The monoisotopic (exact) mass is 285 g/mol. The highest BCUT2D eigenvalue weighted by molar-refractivity contribution is 5.85. The molecular formula is C15H24ClNO2. The summed E-state index contributed by atoms with van der Waals surface area (Å²) in [5, 5.41) is 13.0. The van der Waals surface area contributed by atoms with Crippen molar-refractivity contribution in [2.24, 2.45) is 0 Å². The molecule has 0 saturated heterocycles. The minimum absolute atomic E-state index is 0. The maximum Gasteiger partial charge on any atom is 0.119 e. The summed E-state index contributed by atoms with van der Waals surface area (Å²) in [4.78, 5) is 0. The van der Waals surface area contributed by atoms with E-state index in [1.807, 2.05) is 19.1 Å². The van der Waals surface area contributed by atoms with Crippen molar-refractivity contribution in [2.45, 2.75) is 51.3 Å². The quantitative estimate of drug-likeness (QED) is 0.874. The first-order valence-electron chi connectivity index (χ1n) is 6.91. The predicted octanol–water partition coefficient (Wildman–Crippen LogP) is 2.90. The van der Waals surface area contributed by atoms with E-state index in [2.05, 4.69) is 17.4 Å². The Morgan fingerprint density at radius 1 is 1.26 bits per heavy atom. The molecule has 3 nitrogen and oxygen atoms in total. The number of aliphatic hydroxyl groups excluding tert-OH is 1. The van der Waals surface area contributed by atoms with Gasteiger partial charge in [0.1, 0.15) is 5.75 Å². The van der Waals surface area contributed by atoms with Crippen LogP contribution in [0, 0.1) is 0 Å². The minimum atomic E-state index is -0.0793. The Hall–Kier alpha value is -0.770. The molecule has 108 valence electrons. The number of nitrogens with one attached hydrogen (secondary N) is 1. The molecule has 0 unspecified atom stereocenters. The summed E-state index contributed by atoms with van der Waals surface area (Å²) < 4.78 is 5.49. The van der Waals surface area contributed by atoms with Gasteiger partial charge in [-0.15, -0.1) is 12.4 Å². The molecule has 1 fully saturated rings. The third-order valence-corrected chi connectivity index (χ3v) is 3.50. The third-order valence-electron chi connectivity index (χ3n) is 3.50. The molecule has 2 N–H and O–H groups in total. The van der Waals surface area contributed by atoms with Crippen LogP contribution in [0.3, 0.4) is 0 Å². The summed E-state index contributed by atoms with van der Waals surface area (Å²) in [6.07, 6.45) is 3.93. The van der Waals surface area contributed by atoms with Crippen LogP contribution in [0.5, 0.6) is 5.75 Å². The summed E-state index contributed by atoms with van der Waals surface area (Å²) in [6.45, 7) is 3.58. The predicted molar refractivity (Wildman–Crippen MR) is 80.0 cm³/mol. The first kappa shape index (κ1) is 16.3. The molecule has 19 heavy (non-hydrogen) atoms. The van der Waals surface area contributed by atoms with Gasteiger partial charge in [-0.2, -0.15) is 0 Å². The van der Waals surface area contributed by atoms with Crippen LogP contribution >= 0.6 is 12.4 Å². The second-order valence-corrected chi connectivity index (χ2v) is 4.97. The van der Waals surface area contributed by atoms with Gasteiger partial charge < -0.3 is 15.2 Å². The maximum atomic E-state index is 9.46. The van der Waals surface area contributed by atoms with E-state index < -0.39 is 0 Å². The number of ether oxygens (including phenoxy) is 1. The molecule has 0 amide bonds. The molecule has 0 bridgehead atoms. The van der Waals surface area contributed by atoms with Crippen molar-refractivity contribution in [3.05, 3.63) is 29.8 Å². The lowest BCUT2D eigenvalue weighted by atomic mass is 9.93. The molecule has 0 heterocycles. The number of benzene rings is 1. The zero-order chi connectivity index (χ0) is 12.8. The molecule has 0 aliphatic heterocycles. The van der Waals surface area contributed by atoms with Crippen molar-refractivity contribution in [1.82, 2.24) is 5.32 Å². The van der Waals surface area contributed by atoms with Crippen molar-refractivity contribution in [2.75, 3.05) is 6.61 Å². The van der Waals surface area contributed by atoms with E-state index >= 15 is 0 Å².